The van der Waals surface area contributed by atoms with E-state index in [9.17, 15) is 4.79 Å². The molecule has 2 nitrogen and oxygen atoms in total. The second-order valence-corrected chi connectivity index (χ2v) is 5.64. The smallest absolute Gasteiger partial charge is 1.00 e. The van der Waals surface area contributed by atoms with E-state index in [1.807, 2.05) is 0 Å². The van der Waals surface area contributed by atoms with E-state index in [2.05, 4.69) is 32.0 Å². The topological polar surface area (TPSA) is 37.3 Å². The Morgan fingerprint density at radius 3 is 1.71 bits per heavy atom. The Morgan fingerprint density at radius 1 is 0.905 bits per heavy atom. The largest absolute Gasteiger partial charge is 1.00 e. The molecule has 0 atom stereocenters. The van der Waals surface area contributed by atoms with Crippen LogP contribution in [0.5, 0.6) is 0 Å². The first-order valence-corrected chi connectivity index (χ1v) is 7.99. The van der Waals surface area contributed by atoms with Gasteiger partial charge in [0, 0.05) is 0 Å². The summed E-state index contributed by atoms with van der Waals surface area (Å²) < 4.78 is 0. The van der Waals surface area contributed by atoms with Crippen molar-refractivity contribution < 1.29 is 40.9 Å². The summed E-state index contributed by atoms with van der Waals surface area (Å²) >= 11 is 0. The minimum atomic E-state index is -0.741. The maximum absolute atomic E-state index is 10.9. The van der Waals surface area contributed by atoms with Gasteiger partial charge < -0.3 is 6.53 Å². The molecule has 0 radical (unpaired) electrons. The van der Waals surface area contributed by atoms with Crippen LogP contribution in [0.2, 0.25) is 0 Å². The fourth-order valence-electron chi connectivity index (χ4n) is 2.56. The van der Waals surface area contributed by atoms with Gasteiger partial charge in [0.25, 0.3) is 0 Å². The van der Waals surface area contributed by atoms with E-state index >= 15 is 0 Å². The zero-order chi connectivity index (χ0) is 14.8. The van der Waals surface area contributed by atoms with Gasteiger partial charge in [-0.3, -0.25) is 4.79 Å². The van der Waals surface area contributed by atoms with Crippen molar-refractivity contribution >= 4 is 5.97 Å². The molecule has 0 heterocycles. The molecule has 1 aromatic rings. The van der Waals surface area contributed by atoms with Crippen molar-refractivity contribution in [2.24, 2.45) is 0 Å². The van der Waals surface area contributed by atoms with E-state index in [0.29, 0.717) is 0 Å². The molecule has 0 aliphatic heterocycles. The molecule has 0 aliphatic rings. The van der Waals surface area contributed by atoms with Crippen LogP contribution in [0.3, 0.4) is 0 Å². The molecule has 21 heavy (non-hydrogen) atoms. The monoisotopic (exact) mass is 300 g/mol. The number of hydrogen-bond acceptors (Lipinski definition) is 1. The Morgan fingerprint density at radius 2 is 1.33 bits per heavy atom. The summed E-state index contributed by atoms with van der Waals surface area (Å²) in [6, 6.07) is 6.43. The fraction of sp³-hybridized carbons (Fsp3) is 0.611. The molecule has 1 aromatic carbocycles. The molecule has 1 rings (SSSR count). The van der Waals surface area contributed by atoms with Crippen molar-refractivity contribution in [2.45, 2.75) is 71.6 Å². The van der Waals surface area contributed by atoms with Crippen molar-refractivity contribution in [3.63, 3.8) is 0 Å². The summed E-state index contributed by atoms with van der Waals surface area (Å²) in [5.41, 5.74) is 3.57. The van der Waals surface area contributed by atoms with E-state index in [-0.39, 0.29) is 37.4 Å². The first-order valence-electron chi connectivity index (χ1n) is 7.99. The molecule has 0 saturated heterocycles. The number of carboxylic acid groups (broad SMARTS) is 1. The van der Waals surface area contributed by atoms with Gasteiger partial charge in [-0.05, 0) is 42.4 Å². The predicted octanol–water partition coefficient (Wildman–Crippen LogP) is 1.90. The van der Waals surface area contributed by atoms with Crippen LogP contribution in [-0.4, -0.2) is 11.1 Å². The summed E-state index contributed by atoms with van der Waals surface area (Å²) in [5.74, 6) is -0.741. The maximum Gasteiger partial charge on any atom is 1.00 e. The van der Waals surface area contributed by atoms with Crippen LogP contribution in [0.1, 0.15) is 70.5 Å². The zero-order valence-corrected chi connectivity index (χ0v) is 16.0. The van der Waals surface area contributed by atoms with Crippen LogP contribution in [0.4, 0.5) is 0 Å². The molecular weight excluding hydrogens is 271 g/mol. The van der Waals surface area contributed by atoms with Gasteiger partial charge in [0.1, 0.15) is 0 Å². The van der Waals surface area contributed by atoms with E-state index in [1.165, 1.54) is 49.7 Å². The SMILES string of the molecule is CCCCCc1cc(CCCCC)cc(CC(=O)O)c1.[H-].[Na+]. The van der Waals surface area contributed by atoms with Crippen LogP contribution >= 0.6 is 0 Å². The number of carbonyl (C=O) groups is 1. The Kier molecular flexibility index (Phi) is 12.1. The first kappa shape index (κ1) is 20.7. The third-order valence-electron chi connectivity index (χ3n) is 3.61. The molecule has 0 fully saturated rings. The second kappa shape index (κ2) is 12.3. The fourth-order valence-corrected chi connectivity index (χ4v) is 2.56. The average Bonchev–Trinajstić information content (AvgIpc) is 2.38. The number of aliphatic carboxylic acids is 1. The minimum Gasteiger partial charge on any atom is -1.00 e. The molecule has 3 heteroatoms. The minimum absolute atomic E-state index is 0. The van der Waals surface area contributed by atoms with Crippen LogP contribution in [0, 0.1) is 0 Å². The number of unbranched alkanes of at least 4 members (excludes halogenated alkanes) is 4. The van der Waals surface area contributed by atoms with Crippen LogP contribution in [0.15, 0.2) is 18.2 Å². The third-order valence-corrected chi connectivity index (χ3v) is 3.61. The Labute approximate surface area is 153 Å². The van der Waals surface area contributed by atoms with Gasteiger partial charge in [0.2, 0.25) is 0 Å². The molecule has 0 spiro atoms. The van der Waals surface area contributed by atoms with Crippen molar-refractivity contribution in [3.05, 3.63) is 34.9 Å². The number of benzene rings is 1. The summed E-state index contributed by atoms with van der Waals surface area (Å²) in [7, 11) is 0. The standard InChI is InChI=1S/C18H28O2.Na.H/c1-3-5-7-9-15-11-16(10-8-6-4-2)13-17(12-15)14-18(19)20;;/h11-13H,3-10,14H2,1-2H3,(H,19,20);;/q;+1;-1. The van der Waals surface area contributed by atoms with E-state index in [1.54, 1.807) is 0 Å². The molecule has 0 bridgehead atoms. The zero-order valence-electron chi connectivity index (χ0n) is 15.0. The van der Waals surface area contributed by atoms with Crippen LogP contribution in [-0.2, 0) is 24.1 Å². The average molecular weight is 300 g/mol. The summed E-state index contributed by atoms with van der Waals surface area (Å²) in [6.07, 6.45) is 9.61. The quantitative estimate of drug-likeness (QED) is 0.529. The van der Waals surface area contributed by atoms with E-state index in [4.69, 9.17) is 5.11 Å². The van der Waals surface area contributed by atoms with E-state index < -0.39 is 5.97 Å². The van der Waals surface area contributed by atoms with Gasteiger partial charge in [-0.1, -0.05) is 57.7 Å². The molecule has 0 aromatic heterocycles. The van der Waals surface area contributed by atoms with Gasteiger partial charge in [-0.25, -0.2) is 0 Å². The summed E-state index contributed by atoms with van der Waals surface area (Å²) in [4.78, 5) is 10.9. The van der Waals surface area contributed by atoms with Gasteiger partial charge in [0.15, 0.2) is 0 Å². The Bertz CT molecular complexity index is 393. The van der Waals surface area contributed by atoms with Crippen molar-refractivity contribution in [1.29, 1.82) is 0 Å². The summed E-state index contributed by atoms with van der Waals surface area (Å²) in [5, 5.41) is 8.98. The van der Waals surface area contributed by atoms with Gasteiger partial charge in [-0.2, -0.15) is 0 Å². The summed E-state index contributed by atoms with van der Waals surface area (Å²) in [6.45, 7) is 4.41. The molecule has 114 valence electrons. The van der Waals surface area contributed by atoms with Crippen molar-refractivity contribution in [1.82, 2.24) is 0 Å². The van der Waals surface area contributed by atoms with Crippen LogP contribution in [0.25, 0.3) is 0 Å². The van der Waals surface area contributed by atoms with Gasteiger partial charge >= 0.3 is 35.5 Å². The van der Waals surface area contributed by atoms with Crippen molar-refractivity contribution in [3.8, 4) is 0 Å². The molecule has 0 amide bonds. The Balaban J connectivity index is 0. The predicted molar refractivity (Wildman–Crippen MR) is 85.4 cm³/mol. The first-order chi connectivity index (χ1) is 9.65. The number of hydrogen-bond donors (Lipinski definition) is 1. The molecule has 1 N–H and O–H groups in total. The van der Waals surface area contributed by atoms with Gasteiger partial charge in [0.05, 0.1) is 6.42 Å². The molecule has 0 aliphatic carbocycles. The maximum atomic E-state index is 10.9. The van der Waals surface area contributed by atoms with Gasteiger partial charge in [-0.15, -0.1) is 0 Å². The number of carboxylic acids is 1. The van der Waals surface area contributed by atoms with Crippen molar-refractivity contribution in [2.75, 3.05) is 0 Å². The molecular formula is C18H29NaO2. The third kappa shape index (κ3) is 9.34. The normalized spacial score (nSPS) is 10.2. The van der Waals surface area contributed by atoms with E-state index in [0.717, 1.165) is 18.4 Å². The number of aryl methyl sites for hydroxylation is 2. The second-order valence-electron chi connectivity index (χ2n) is 5.64. The Hall–Kier alpha value is -0.310. The number of rotatable bonds is 10. The molecule has 0 saturated carbocycles. The van der Waals surface area contributed by atoms with Crippen LogP contribution < -0.4 is 29.6 Å². The molecule has 0 unspecified atom stereocenters.